The molecular formula is C37H38N3O5+. The molecule has 8 nitrogen and oxygen atoms in total. The molecule has 230 valence electrons. The molecule has 3 saturated heterocycles. The molecule has 0 unspecified atom stereocenters. The van der Waals surface area contributed by atoms with Gasteiger partial charge in [-0.25, -0.2) is 4.79 Å². The zero-order valence-corrected chi connectivity index (χ0v) is 25.6. The van der Waals surface area contributed by atoms with E-state index in [-0.39, 0.29) is 12.0 Å². The third-order valence-corrected chi connectivity index (χ3v) is 9.87. The summed E-state index contributed by atoms with van der Waals surface area (Å²) >= 11 is 0. The van der Waals surface area contributed by atoms with E-state index in [0.29, 0.717) is 54.8 Å². The van der Waals surface area contributed by atoms with Crippen molar-refractivity contribution in [2.45, 2.75) is 62.5 Å². The Morgan fingerprint density at radius 1 is 0.889 bits per heavy atom. The van der Waals surface area contributed by atoms with Gasteiger partial charge in [-0.2, -0.15) is 0 Å². The molecule has 5 atom stereocenters. The number of fused-ring (bicyclic) bond motifs is 6. The van der Waals surface area contributed by atoms with Crippen LogP contribution in [0.3, 0.4) is 0 Å². The molecule has 2 amide bonds. The molecule has 8 heteroatoms. The lowest BCUT2D eigenvalue weighted by atomic mass is 9.96. The number of rotatable bonds is 9. The minimum atomic E-state index is -0.437. The number of carbonyl (C=O) groups is 3. The number of anilines is 2. The quantitative estimate of drug-likeness (QED) is 0.128. The number of ether oxygens (including phenoxy) is 2. The van der Waals surface area contributed by atoms with Gasteiger partial charge in [0.1, 0.15) is 36.7 Å². The number of aryl methyl sites for hydroxylation is 1. The van der Waals surface area contributed by atoms with Crippen LogP contribution >= 0.6 is 0 Å². The van der Waals surface area contributed by atoms with E-state index < -0.39 is 6.09 Å². The number of benzene rings is 4. The van der Waals surface area contributed by atoms with Crippen molar-refractivity contribution < 1.29 is 28.3 Å². The van der Waals surface area contributed by atoms with Crippen LogP contribution in [0, 0.1) is 0 Å². The van der Waals surface area contributed by atoms with Crippen molar-refractivity contribution in [1.29, 1.82) is 0 Å². The highest BCUT2D eigenvalue weighted by atomic mass is 16.6. The topological polar surface area (TPSA) is 97.0 Å². The number of aldehydes is 1. The fourth-order valence-corrected chi connectivity index (χ4v) is 7.40. The fourth-order valence-electron chi connectivity index (χ4n) is 7.40. The summed E-state index contributed by atoms with van der Waals surface area (Å²) in [5, 5.41) is 7.94. The van der Waals surface area contributed by atoms with E-state index in [1.165, 1.54) is 0 Å². The smallest absolute Gasteiger partial charge is 0.411 e. The van der Waals surface area contributed by atoms with E-state index in [2.05, 4.69) is 30.8 Å². The first-order valence-corrected chi connectivity index (χ1v) is 15.7. The van der Waals surface area contributed by atoms with Gasteiger partial charge in [-0.05, 0) is 59.0 Å². The highest BCUT2D eigenvalue weighted by molar-refractivity contribution is 5.96. The Bertz CT molecular complexity index is 1750. The summed E-state index contributed by atoms with van der Waals surface area (Å²) in [6, 6.07) is 27.9. The minimum absolute atomic E-state index is 0.0621. The van der Waals surface area contributed by atoms with Crippen LogP contribution < -0.4 is 10.6 Å². The van der Waals surface area contributed by atoms with E-state index in [1.807, 2.05) is 72.8 Å². The SMILES string of the molecule is C[N+]1(C)[C@@H]2C[C@@H](OC(=O)Nc3cc(CCCC(=O)Nc4ccc5cc(C=O)ccc5c4)ccc3-c3ccccc3)C[C@H]1[C@@H]1O[C@@H]12. The van der Waals surface area contributed by atoms with Crippen LogP contribution in [0.4, 0.5) is 16.2 Å². The third-order valence-electron chi connectivity index (χ3n) is 9.87. The summed E-state index contributed by atoms with van der Waals surface area (Å²) in [5.41, 5.74) is 4.99. The average Bonchev–Trinajstić information content (AvgIpc) is 3.80. The number of nitrogens with zero attached hydrogens (tertiary/aromatic N) is 1. The van der Waals surface area contributed by atoms with E-state index in [0.717, 1.165) is 56.8 Å². The van der Waals surface area contributed by atoms with Crippen molar-refractivity contribution in [1.82, 2.24) is 0 Å². The zero-order valence-electron chi connectivity index (χ0n) is 25.6. The molecule has 3 aliphatic rings. The van der Waals surface area contributed by atoms with Gasteiger partial charge in [0.05, 0.1) is 19.8 Å². The Kier molecular flexibility index (Phi) is 7.63. The van der Waals surface area contributed by atoms with Crippen LogP contribution in [0.25, 0.3) is 21.9 Å². The summed E-state index contributed by atoms with van der Waals surface area (Å²) < 4.78 is 12.8. The zero-order chi connectivity index (χ0) is 31.1. The minimum Gasteiger partial charge on any atom is -0.445 e. The van der Waals surface area contributed by atoms with Crippen molar-refractivity contribution in [3.8, 4) is 11.1 Å². The largest absolute Gasteiger partial charge is 0.445 e. The molecule has 4 aromatic rings. The maximum Gasteiger partial charge on any atom is 0.411 e. The summed E-state index contributed by atoms with van der Waals surface area (Å²) in [6.45, 7) is 0. The van der Waals surface area contributed by atoms with Crippen LogP contribution in [-0.4, -0.2) is 67.3 Å². The number of carbonyl (C=O) groups excluding carboxylic acids is 3. The molecule has 0 saturated carbocycles. The molecule has 0 radical (unpaired) electrons. The summed E-state index contributed by atoms with van der Waals surface area (Å²) in [7, 11) is 4.52. The number of epoxide rings is 1. The number of nitrogens with one attached hydrogen (secondary N) is 2. The molecule has 0 spiro atoms. The van der Waals surface area contributed by atoms with Crippen LogP contribution in [-0.2, 0) is 20.7 Å². The average molecular weight is 605 g/mol. The highest BCUT2D eigenvalue weighted by Gasteiger charge is 2.70. The van der Waals surface area contributed by atoms with Crippen molar-refractivity contribution in [2.75, 3.05) is 24.7 Å². The van der Waals surface area contributed by atoms with Gasteiger partial charge in [0.2, 0.25) is 5.91 Å². The second kappa shape index (κ2) is 11.8. The van der Waals surface area contributed by atoms with Crippen LogP contribution in [0.2, 0.25) is 0 Å². The second-order valence-corrected chi connectivity index (χ2v) is 13.0. The van der Waals surface area contributed by atoms with Gasteiger partial charge >= 0.3 is 6.09 Å². The third kappa shape index (κ3) is 5.95. The standard InChI is InChI=1S/C37H37N3O5/c1-40(2)32-20-29(21-33(40)36-35(32)45-36)44-37(43)39-31-18-23(12-16-30(31)25-8-4-3-5-9-25)7-6-10-34(42)38-28-15-14-26-17-24(22-41)11-13-27(26)19-28/h3-5,8-9,11-19,22,29,32-33,35-36H,6-7,10,20-21H2,1-2H3,(H-,38,39,41,42,43)/p+1/t29-,32-,33+,35-,36+. The van der Waals surface area contributed by atoms with Gasteiger partial charge in [0, 0.05) is 36.1 Å². The number of morpholine rings is 1. The van der Waals surface area contributed by atoms with Crippen molar-refractivity contribution in [2.24, 2.45) is 0 Å². The number of likely N-dealkylation sites (N-methyl/N-ethyl adjacent to an activating group) is 1. The number of piperidine rings is 1. The first-order valence-electron chi connectivity index (χ1n) is 15.7. The Labute approximate surface area is 262 Å². The Balaban J connectivity index is 0.984. The number of quaternary nitrogens is 1. The number of hydrogen-bond acceptors (Lipinski definition) is 5. The fraction of sp³-hybridized carbons (Fsp3) is 0.324. The molecular weight excluding hydrogens is 566 g/mol. The molecule has 2 N–H and O–H groups in total. The Morgan fingerprint density at radius 3 is 2.38 bits per heavy atom. The van der Waals surface area contributed by atoms with Crippen LogP contribution in [0.15, 0.2) is 84.9 Å². The van der Waals surface area contributed by atoms with E-state index in [9.17, 15) is 14.4 Å². The monoisotopic (exact) mass is 604 g/mol. The lowest BCUT2D eigenvalue weighted by Gasteiger charge is -2.45. The molecule has 0 aromatic heterocycles. The molecule has 3 heterocycles. The van der Waals surface area contributed by atoms with E-state index in [1.54, 1.807) is 6.07 Å². The van der Waals surface area contributed by atoms with Gasteiger partial charge in [0.15, 0.2) is 0 Å². The van der Waals surface area contributed by atoms with Gasteiger partial charge in [-0.1, -0.05) is 60.7 Å². The van der Waals surface area contributed by atoms with E-state index >= 15 is 0 Å². The van der Waals surface area contributed by atoms with Gasteiger partial charge in [-0.3, -0.25) is 14.9 Å². The van der Waals surface area contributed by atoms with Crippen LogP contribution in [0.1, 0.15) is 41.6 Å². The molecule has 0 aliphatic carbocycles. The molecule has 4 aromatic carbocycles. The molecule has 3 fully saturated rings. The van der Waals surface area contributed by atoms with Crippen molar-refractivity contribution in [3.63, 3.8) is 0 Å². The molecule has 7 rings (SSSR count). The second-order valence-electron chi connectivity index (χ2n) is 13.0. The lowest BCUT2D eigenvalue weighted by molar-refractivity contribution is -0.938. The van der Waals surface area contributed by atoms with Crippen LogP contribution in [0.5, 0.6) is 0 Å². The van der Waals surface area contributed by atoms with Gasteiger partial charge < -0.3 is 19.3 Å². The lowest BCUT2D eigenvalue weighted by Crippen LogP contribution is -2.60. The predicted molar refractivity (Wildman–Crippen MR) is 174 cm³/mol. The highest BCUT2D eigenvalue weighted by Crippen LogP contribution is 2.51. The summed E-state index contributed by atoms with van der Waals surface area (Å²) in [4.78, 5) is 37.0. The van der Waals surface area contributed by atoms with Gasteiger partial charge in [-0.15, -0.1) is 0 Å². The summed E-state index contributed by atoms with van der Waals surface area (Å²) in [6.07, 6.45) is 4.18. The maximum absolute atomic E-state index is 13.2. The van der Waals surface area contributed by atoms with Crippen molar-refractivity contribution >= 4 is 40.4 Å². The Morgan fingerprint density at radius 2 is 1.62 bits per heavy atom. The number of amides is 2. The Hall–Kier alpha value is -4.53. The van der Waals surface area contributed by atoms with E-state index in [4.69, 9.17) is 9.47 Å². The van der Waals surface area contributed by atoms with Crippen molar-refractivity contribution in [3.05, 3.63) is 96.1 Å². The number of hydrogen-bond donors (Lipinski definition) is 2. The normalized spacial score (nSPS) is 24.0. The molecule has 2 bridgehead atoms. The maximum atomic E-state index is 13.2. The van der Waals surface area contributed by atoms with Gasteiger partial charge in [0.25, 0.3) is 0 Å². The molecule has 45 heavy (non-hydrogen) atoms. The summed E-state index contributed by atoms with van der Waals surface area (Å²) in [5.74, 6) is -0.0621. The molecule has 3 aliphatic heterocycles. The first-order chi connectivity index (χ1) is 21.8. The first kappa shape index (κ1) is 29.2. The predicted octanol–water partition coefficient (Wildman–Crippen LogP) is 6.59.